The van der Waals surface area contributed by atoms with E-state index < -0.39 is 0 Å². The molecule has 0 radical (unpaired) electrons. The van der Waals surface area contributed by atoms with E-state index in [-0.39, 0.29) is 5.82 Å². The fourth-order valence-electron chi connectivity index (χ4n) is 3.15. The quantitative estimate of drug-likeness (QED) is 0.272. The molecule has 3 nitrogen and oxygen atoms in total. The molecule has 0 aliphatic rings. The SMILES string of the molecule is Cc1cccc(I)c1Nc1c(-c2ccc(F)cc2I)nc2cccc(C)n12. The largest absolute Gasteiger partial charge is 0.338 e. The molecule has 0 aliphatic heterocycles. The number of nitrogens with zero attached hydrogens (tertiary/aromatic N) is 2. The fraction of sp³-hybridized carbons (Fsp3) is 0.0952. The van der Waals surface area contributed by atoms with Crippen LogP contribution >= 0.6 is 45.2 Å². The highest BCUT2D eigenvalue weighted by atomic mass is 127. The lowest BCUT2D eigenvalue weighted by molar-refractivity contribution is 0.627. The number of fused-ring (bicyclic) bond motifs is 1. The third kappa shape index (κ3) is 3.44. The molecule has 1 N–H and O–H groups in total. The van der Waals surface area contributed by atoms with Gasteiger partial charge in [-0.2, -0.15) is 0 Å². The zero-order chi connectivity index (χ0) is 19.1. The number of nitrogens with one attached hydrogen (secondary N) is 1. The highest BCUT2D eigenvalue weighted by Gasteiger charge is 2.19. The molecule has 2 aromatic heterocycles. The van der Waals surface area contributed by atoms with Crippen LogP contribution in [0.3, 0.4) is 0 Å². The van der Waals surface area contributed by atoms with Crippen molar-refractivity contribution in [1.29, 1.82) is 0 Å². The number of pyridine rings is 1. The van der Waals surface area contributed by atoms with Crippen molar-refractivity contribution >= 4 is 62.3 Å². The van der Waals surface area contributed by atoms with Gasteiger partial charge in [-0.15, -0.1) is 0 Å². The maximum Gasteiger partial charge on any atom is 0.143 e. The third-order valence-electron chi connectivity index (χ3n) is 4.49. The summed E-state index contributed by atoms with van der Waals surface area (Å²) in [5, 5.41) is 3.61. The van der Waals surface area contributed by atoms with Crippen LogP contribution in [-0.2, 0) is 0 Å². The lowest BCUT2D eigenvalue weighted by atomic mass is 10.1. The summed E-state index contributed by atoms with van der Waals surface area (Å²) in [6.45, 7) is 4.14. The van der Waals surface area contributed by atoms with E-state index in [1.54, 1.807) is 6.07 Å². The van der Waals surface area contributed by atoms with Crippen molar-refractivity contribution in [3.05, 3.63) is 78.8 Å². The molecular weight excluding hydrogens is 567 g/mol. The number of aromatic nitrogens is 2. The summed E-state index contributed by atoms with van der Waals surface area (Å²) in [7, 11) is 0. The Bertz CT molecular complexity index is 1150. The first-order valence-corrected chi connectivity index (χ1v) is 10.6. The van der Waals surface area contributed by atoms with Crippen molar-refractivity contribution in [2.45, 2.75) is 13.8 Å². The Morgan fingerprint density at radius 1 is 0.963 bits per heavy atom. The summed E-state index contributed by atoms with van der Waals surface area (Å²) in [6, 6.07) is 17.1. The van der Waals surface area contributed by atoms with Gasteiger partial charge in [0.15, 0.2) is 0 Å². The Hall–Kier alpha value is -1.68. The van der Waals surface area contributed by atoms with Gasteiger partial charge in [0, 0.05) is 18.4 Å². The summed E-state index contributed by atoms with van der Waals surface area (Å²) in [6.07, 6.45) is 0. The molecule has 0 atom stereocenters. The van der Waals surface area contributed by atoms with Gasteiger partial charge in [0.05, 0.1) is 5.69 Å². The van der Waals surface area contributed by atoms with Crippen LogP contribution in [0.5, 0.6) is 0 Å². The average Bonchev–Trinajstić information content (AvgIpc) is 2.98. The van der Waals surface area contributed by atoms with Gasteiger partial charge in [-0.3, -0.25) is 4.40 Å². The van der Waals surface area contributed by atoms with E-state index in [1.165, 1.54) is 12.1 Å². The first-order valence-electron chi connectivity index (χ1n) is 8.41. The Kier molecular flexibility index (Phi) is 5.11. The molecule has 0 saturated heterocycles. The van der Waals surface area contributed by atoms with Crippen molar-refractivity contribution in [3.63, 3.8) is 0 Å². The van der Waals surface area contributed by atoms with Crippen LogP contribution in [0.15, 0.2) is 54.6 Å². The molecule has 0 saturated carbocycles. The normalized spacial score (nSPS) is 11.1. The molecule has 0 fully saturated rings. The highest BCUT2D eigenvalue weighted by molar-refractivity contribution is 14.1. The second-order valence-electron chi connectivity index (χ2n) is 6.35. The van der Waals surface area contributed by atoms with Crippen LogP contribution in [0.2, 0.25) is 0 Å². The zero-order valence-corrected chi connectivity index (χ0v) is 19.0. The molecule has 27 heavy (non-hydrogen) atoms. The zero-order valence-electron chi connectivity index (χ0n) is 14.7. The van der Waals surface area contributed by atoms with Crippen LogP contribution in [0, 0.1) is 26.8 Å². The van der Waals surface area contributed by atoms with E-state index in [1.807, 2.05) is 18.2 Å². The Morgan fingerprint density at radius 2 is 1.74 bits per heavy atom. The Balaban J connectivity index is 2.00. The van der Waals surface area contributed by atoms with Crippen LogP contribution in [0.4, 0.5) is 15.9 Å². The van der Waals surface area contributed by atoms with E-state index in [0.717, 1.165) is 46.8 Å². The van der Waals surface area contributed by atoms with Gasteiger partial charge in [-0.05, 0) is 101 Å². The van der Waals surface area contributed by atoms with E-state index in [9.17, 15) is 4.39 Å². The first-order chi connectivity index (χ1) is 13.0. The fourth-order valence-corrected chi connectivity index (χ4v) is 4.65. The summed E-state index contributed by atoms with van der Waals surface area (Å²) in [5.41, 5.74) is 5.87. The van der Waals surface area contributed by atoms with Crippen LogP contribution in [0.25, 0.3) is 16.9 Å². The number of aryl methyl sites for hydroxylation is 2. The number of halogens is 3. The second kappa shape index (κ2) is 7.38. The minimum atomic E-state index is -0.244. The lowest BCUT2D eigenvalue weighted by Gasteiger charge is -2.14. The minimum absolute atomic E-state index is 0.244. The maximum atomic E-state index is 13.6. The number of hydrogen-bond donors (Lipinski definition) is 1. The molecule has 4 rings (SSSR count). The van der Waals surface area contributed by atoms with Gasteiger partial charge in [-0.25, -0.2) is 9.37 Å². The van der Waals surface area contributed by atoms with Gasteiger partial charge in [0.2, 0.25) is 0 Å². The second-order valence-corrected chi connectivity index (χ2v) is 8.68. The van der Waals surface area contributed by atoms with Crippen molar-refractivity contribution < 1.29 is 4.39 Å². The Labute approximate surface area is 184 Å². The monoisotopic (exact) mass is 583 g/mol. The van der Waals surface area contributed by atoms with Gasteiger partial charge in [0.25, 0.3) is 0 Å². The predicted octanol–water partition coefficient (Wildman–Crippen LogP) is 6.71. The third-order valence-corrected chi connectivity index (χ3v) is 6.28. The predicted molar refractivity (Wildman–Crippen MR) is 125 cm³/mol. The van der Waals surface area contributed by atoms with Gasteiger partial charge in [-0.1, -0.05) is 18.2 Å². The number of para-hydroxylation sites is 1. The van der Waals surface area contributed by atoms with Crippen molar-refractivity contribution in [2.75, 3.05) is 5.32 Å². The van der Waals surface area contributed by atoms with E-state index in [0.29, 0.717) is 0 Å². The number of imidazole rings is 1. The molecule has 0 bridgehead atoms. The molecule has 4 aromatic rings. The molecule has 2 heterocycles. The van der Waals surface area contributed by atoms with Crippen molar-refractivity contribution in [1.82, 2.24) is 9.38 Å². The number of rotatable bonds is 3. The van der Waals surface area contributed by atoms with Gasteiger partial charge in [0.1, 0.15) is 23.0 Å². The van der Waals surface area contributed by atoms with Crippen molar-refractivity contribution in [2.24, 2.45) is 0 Å². The lowest BCUT2D eigenvalue weighted by Crippen LogP contribution is -2.02. The number of benzene rings is 2. The molecule has 136 valence electrons. The van der Waals surface area contributed by atoms with Crippen LogP contribution < -0.4 is 5.32 Å². The molecule has 0 aliphatic carbocycles. The standard InChI is InChI=1S/C21H16FI2N3/c1-12-5-3-7-16(23)19(12)26-21-20(15-10-9-14(22)11-17(15)24)25-18-8-4-6-13(2)27(18)21/h3-11,26H,1-2H3. The van der Waals surface area contributed by atoms with E-state index in [4.69, 9.17) is 4.98 Å². The van der Waals surface area contributed by atoms with Crippen LogP contribution in [0.1, 0.15) is 11.3 Å². The topological polar surface area (TPSA) is 29.3 Å². The molecule has 6 heteroatoms. The van der Waals surface area contributed by atoms with Crippen molar-refractivity contribution in [3.8, 4) is 11.3 Å². The number of anilines is 2. The summed E-state index contributed by atoms with van der Waals surface area (Å²) >= 11 is 4.50. The van der Waals surface area contributed by atoms with E-state index >= 15 is 0 Å². The first kappa shape index (κ1) is 18.7. The average molecular weight is 583 g/mol. The molecule has 0 amide bonds. The maximum absolute atomic E-state index is 13.6. The molecule has 0 unspecified atom stereocenters. The minimum Gasteiger partial charge on any atom is -0.338 e. The van der Waals surface area contributed by atoms with Crippen LogP contribution in [-0.4, -0.2) is 9.38 Å². The molecule has 2 aromatic carbocycles. The summed E-state index contributed by atoms with van der Waals surface area (Å²) in [4.78, 5) is 4.86. The van der Waals surface area contributed by atoms with Gasteiger partial charge >= 0.3 is 0 Å². The Morgan fingerprint density at radius 3 is 2.48 bits per heavy atom. The van der Waals surface area contributed by atoms with E-state index in [2.05, 4.69) is 86.9 Å². The molecule has 0 spiro atoms. The summed E-state index contributed by atoms with van der Waals surface area (Å²) < 4.78 is 17.7. The smallest absolute Gasteiger partial charge is 0.143 e. The number of hydrogen-bond acceptors (Lipinski definition) is 2. The highest BCUT2D eigenvalue weighted by Crippen LogP contribution is 2.36. The molecular formula is C21H16FI2N3. The van der Waals surface area contributed by atoms with Gasteiger partial charge < -0.3 is 5.32 Å². The summed E-state index contributed by atoms with van der Waals surface area (Å²) in [5.74, 6) is 0.644.